The molecule has 0 aliphatic heterocycles. The van der Waals surface area contributed by atoms with E-state index < -0.39 is 0 Å². The van der Waals surface area contributed by atoms with Crippen LogP contribution < -0.4 is 5.73 Å². The second-order valence-corrected chi connectivity index (χ2v) is 5.60. The highest BCUT2D eigenvalue weighted by Gasteiger charge is 2.16. The summed E-state index contributed by atoms with van der Waals surface area (Å²) in [5, 5.41) is 0. The van der Waals surface area contributed by atoms with Crippen LogP contribution >= 0.6 is 0 Å². The molecule has 102 valence electrons. The lowest BCUT2D eigenvalue weighted by atomic mass is 10.0. The van der Waals surface area contributed by atoms with Gasteiger partial charge in [0.1, 0.15) is 0 Å². The van der Waals surface area contributed by atoms with E-state index in [-0.39, 0.29) is 12.1 Å². The lowest BCUT2D eigenvalue weighted by Gasteiger charge is -2.22. The van der Waals surface area contributed by atoms with Crippen molar-refractivity contribution in [2.24, 2.45) is 11.7 Å². The summed E-state index contributed by atoms with van der Waals surface area (Å²) in [6, 6.07) is 8.45. The number of benzene rings is 1. The van der Waals surface area contributed by atoms with E-state index in [2.05, 4.69) is 45.0 Å². The van der Waals surface area contributed by atoms with Crippen LogP contribution in [0, 0.1) is 12.8 Å². The average molecular weight is 249 g/mol. The maximum Gasteiger partial charge on any atom is 0.0973 e. The zero-order valence-corrected chi connectivity index (χ0v) is 12.1. The fourth-order valence-electron chi connectivity index (χ4n) is 2.10. The third kappa shape index (κ3) is 5.19. The van der Waals surface area contributed by atoms with E-state index in [0.29, 0.717) is 0 Å². The van der Waals surface area contributed by atoms with Gasteiger partial charge in [-0.1, -0.05) is 43.7 Å². The molecule has 0 aliphatic carbocycles. The van der Waals surface area contributed by atoms with Crippen molar-refractivity contribution in [3.05, 3.63) is 35.4 Å². The Balaban J connectivity index is 2.55. The van der Waals surface area contributed by atoms with Crippen molar-refractivity contribution in [2.45, 2.75) is 52.7 Å². The van der Waals surface area contributed by atoms with E-state index in [9.17, 15) is 0 Å². The second kappa shape index (κ2) is 7.55. The van der Waals surface area contributed by atoms with E-state index >= 15 is 0 Å². The lowest BCUT2D eigenvalue weighted by Crippen LogP contribution is -2.27. The van der Waals surface area contributed by atoms with Gasteiger partial charge in [-0.05, 0) is 38.2 Å². The molecule has 0 aromatic heterocycles. The topological polar surface area (TPSA) is 35.2 Å². The van der Waals surface area contributed by atoms with Crippen molar-refractivity contribution in [1.29, 1.82) is 0 Å². The van der Waals surface area contributed by atoms with Gasteiger partial charge in [-0.3, -0.25) is 0 Å². The molecule has 2 nitrogen and oxygen atoms in total. The molecule has 0 fully saturated rings. The van der Waals surface area contributed by atoms with Gasteiger partial charge in [0.25, 0.3) is 0 Å². The predicted octanol–water partition coefficient (Wildman–Crippen LogP) is 3.84. The molecule has 1 aromatic rings. The average Bonchev–Trinajstić information content (AvgIpc) is 2.27. The molecule has 2 N–H and O–H groups in total. The number of aryl methyl sites for hydroxylation is 1. The summed E-state index contributed by atoms with van der Waals surface area (Å²) in [5.41, 5.74) is 8.48. The Kier molecular flexibility index (Phi) is 6.37. The van der Waals surface area contributed by atoms with Crippen LogP contribution in [0.15, 0.2) is 24.3 Å². The first-order chi connectivity index (χ1) is 8.50. The largest absolute Gasteiger partial charge is 0.372 e. The molecule has 1 rings (SSSR count). The molecule has 0 bridgehead atoms. The first-order valence-corrected chi connectivity index (χ1v) is 6.94. The van der Waals surface area contributed by atoms with Crippen LogP contribution in [0.1, 0.15) is 50.8 Å². The van der Waals surface area contributed by atoms with Crippen molar-refractivity contribution < 1.29 is 4.74 Å². The molecule has 0 amide bonds. The normalized spacial score (nSPS) is 14.8. The highest BCUT2D eigenvalue weighted by atomic mass is 16.5. The molecular weight excluding hydrogens is 222 g/mol. The Morgan fingerprint density at radius 3 is 2.50 bits per heavy atom. The highest BCUT2D eigenvalue weighted by molar-refractivity contribution is 5.25. The Labute approximate surface area is 112 Å². The van der Waals surface area contributed by atoms with E-state index in [1.54, 1.807) is 0 Å². The Morgan fingerprint density at radius 1 is 1.22 bits per heavy atom. The fraction of sp³-hybridized carbons (Fsp3) is 0.625. The molecule has 2 heteroatoms. The molecule has 0 saturated heterocycles. The van der Waals surface area contributed by atoms with Crippen LogP contribution in [-0.2, 0) is 4.74 Å². The number of ether oxygens (including phenoxy) is 1. The van der Waals surface area contributed by atoms with Crippen LogP contribution in [0.3, 0.4) is 0 Å². The van der Waals surface area contributed by atoms with Gasteiger partial charge in [0.05, 0.1) is 6.10 Å². The first kappa shape index (κ1) is 15.2. The van der Waals surface area contributed by atoms with Crippen LogP contribution in [0.2, 0.25) is 0 Å². The maximum absolute atomic E-state index is 6.04. The molecule has 0 radical (unpaired) electrons. The summed E-state index contributed by atoms with van der Waals surface area (Å²) < 4.78 is 5.97. The monoisotopic (exact) mass is 249 g/mol. The number of hydrogen-bond donors (Lipinski definition) is 1. The van der Waals surface area contributed by atoms with Crippen molar-refractivity contribution in [1.82, 2.24) is 0 Å². The number of rotatable bonds is 7. The van der Waals surface area contributed by atoms with E-state index in [0.717, 1.165) is 18.9 Å². The highest BCUT2D eigenvalue weighted by Crippen LogP contribution is 2.22. The molecule has 0 aliphatic rings. The van der Waals surface area contributed by atoms with Crippen molar-refractivity contribution in [2.75, 3.05) is 6.61 Å². The zero-order valence-electron chi connectivity index (χ0n) is 12.1. The van der Waals surface area contributed by atoms with E-state index in [4.69, 9.17) is 10.5 Å². The molecule has 0 saturated carbocycles. The summed E-state index contributed by atoms with van der Waals surface area (Å²) >= 11 is 0. The third-order valence-electron chi connectivity index (χ3n) is 3.07. The van der Waals surface area contributed by atoms with Gasteiger partial charge in [-0.25, -0.2) is 0 Å². The van der Waals surface area contributed by atoms with Crippen LogP contribution in [0.25, 0.3) is 0 Å². The Hall–Kier alpha value is -0.860. The van der Waals surface area contributed by atoms with Crippen LogP contribution in [0.5, 0.6) is 0 Å². The molecular formula is C16H27NO. The molecule has 0 spiro atoms. The Bertz CT molecular complexity index is 347. The minimum atomic E-state index is 0.0112. The minimum Gasteiger partial charge on any atom is -0.372 e. The van der Waals surface area contributed by atoms with Crippen LogP contribution in [-0.4, -0.2) is 12.6 Å². The molecule has 18 heavy (non-hydrogen) atoms. The second-order valence-electron chi connectivity index (χ2n) is 5.60. The molecule has 2 unspecified atom stereocenters. The quantitative estimate of drug-likeness (QED) is 0.745. The van der Waals surface area contributed by atoms with Crippen LogP contribution in [0.4, 0.5) is 0 Å². The molecule has 1 aromatic carbocycles. The maximum atomic E-state index is 6.04. The van der Waals surface area contributed by atoms with Gasteiger partial charge in [-0.15, -0.1) is 0 Å². The summed E-state index contributed by atoms with van der Waals surface area (Å²) in [7, 11) is 0. The van der Waals surface area contributed by atoms with Crippen molar-refractivity contribution >= 4 is 0 Å². The standard InChI is InChI=1S/C16H27NO/c1-12(2)7-6-10-18-16(14(4)17)15-9-5-8-13(3)11-15/h5,8-9,11-12,14,16H,6-7,10,17H2,1-4H3. The number of nitrogens with two attached hydrogens (primary N) is 1. The molecule has 2 atom stereocenters. The third-order valence-corrected chi connectivity index (χ3v) is 3.07. The van der Waals surface area contributed by atoms with Gasteiger partial charge in [0.15, 0.2) is 0 Å². The van der Waals surface area contributed by atoms with E-state index in [1.807, 2.05) is 6.92 Å². The first-order valence-electron chi connectivity index (χ1n) is 6.94. The minimum absolute atomic E-state index is 0.0112. The van der Waals surface area contributed by atoms with Gasteiger partial charge in [-0.2, -0.15) is 0 Å². The zero-order chi connectivity index (χ0) is 13.5. The van der Waals surface area contributed by atoms with Gasteiger partial charge in [0, 0.05) is 12.6 Å². The lowest BCUT2D eigenvalue weighted by molar-refractivity contribution is 0.0348. The SMILES string of the molecule is Cc1cccc(C(OCCCC(C)C)C(C)N)c1. The number of hydrogen-bond acceptors (Lipinski definition) is 2. The van der Waals surface area contributed by atoms with E-state index in [1.165, 1.54) is 17.5 Å². The molecule has 0 heterocycles. The Morgan fingerprint density at radius 2 is 1.94 bits per heavy atom. The van der Waals surface area contributed by atoms with Crippen molar-refractivity contribution in [3.63, 3.8) is 0 Å². The van der Waals surface area contributed by atoms with Gasteiger partial charge >= 0.3 is 0 Å². The smallest absolute Gasteiger partial charge is 0.0973 e. The van der Waals surface area contributed by atoms with Crippen molar-refractivity contribution in [3.8, 4) is 0 Å². The van der Waals surface area contributed by atoms with Gasteiger partial charge < -0.3 is 10.5 Å². The summed E-state index contributed by atoms with van der Waals surface area (Å²) in [6.45, 7) is 9.38. The summed E-state index contributed by atoms with van der Waals surface area (Å²) in [6.07, 6.45) is 2.32. The summed E-state index contributed by atoms with van der Waals surface area (Å²) in [4.78, 5) is 0. The predicted molar refractivity (Wildman–Crippen MR) is 77.6 cm³/mol. The van der Waals surface area contributed by atoms with Gasteiger partial charge in [0.2, 0.25) is 0 Å². The fourth-order valence-corrected chi connectivity index (χ4v) is 2.10. The summed E-state index contributed by atoms with van der Waals surface area (Å²) in [5.74, 6) is 0.737.